The largest absolute Gasteiger partial charge is 0.369 e. The van der Waals surface area contributed by atoms with Crippen molar-refractivity contribution in [2.75, 3.05) is 37.6 Å². The smallest absolute Gasteiger partial charge is 0.273 e. The van der Waals surface area contributed by atoms with Gasteiger partial charge >= 0.3 is 0 Å². The van der Waals surface area contributed by atoms with Gasteiger partial charge in [-0.3, -0.25) is 19.8 Å². The molecule has 2 heterocycles. The summed E-state index contributed by atoms with van der Waals surface area (Å²) >= 11 is 0. The zero-order valence-electron chi connectivity index (χ0n) is 20.3. The Labute approximate surface area is 204 Å². The van der Waals surface area contributed by atoms with Crippen LogP contribution in [0.15, 0.2) is 48.5 Å². The summed E-state index contributed by atoms with van der Waals surface area (Å²) in [5.41, 5.74) is 3.74. The van der Waals surface area contributed by atoms with Gasteiger partial charge in [0.2, 0.25) is 0 Å². The van der Waals surface area contributed by atoms with E-state index < -0.39 is 4.92 Å². The normalized spacial score (nSPS) is 15.1. The lowest BCUT2D eigenvalue weighted by Crippen LogP contribution is -2.47. The number of aromatic nitrogens is 3. The second-order valence-corrected chi connectivity index (χ2v) is 9.04. The molecule has 1 aliphatic rings. The van der Waals surface area contributed by atoms with Gasteiger partial charge in [-0.05, 0) is 51.0 Å². The third-order valence-electron chi connectivity index (χ3n) is 6.39. The number of nitro groups is 1. The fourth-order valence-corrected chi connectivity index (χ4v) is 4.32. The quantitative estimate of drug-likeness (QED) is 0.392. The van der Waals surface area contributed by atoms with Crippen molar-refractivity contribution in [3.8, 4) is 5.69 Å². The van der Waals surface area contributed by atoms with Crippen LogP contribution in [-0.4, -0.2) is 69.5 Å². The number of piperazine rings is 1. The van der Waals surface area contributed by atoms with Gasteiger partial charge in [-0.15, -0.1) is 5.10 Å². The minimum absolute atomic E-state index is 0.0281. The van der Waals surface area contributed by atoms with Crippen LogP contribution in [0.25, 0.3) is 5.69 Å². The average Bonchev–Trinajstić information content (AvgIpc) is 3.24. The monoisotopic (exact) mass is 477 g/mol. The number of nitrogens with zero attached hydrogens (tertiary/aromatic N) is 6. The van der Waals surface area contributed by atoms with Gasteiger partial charge in [-0.25, -0.2) is 4.68 Å². The van der Waals surface area contributed by atoms with E-state index in [1.807, 2.05) is 6.92 Å². The molecule has 10 nitrogen and oxygen atoms in total. The minimum atomic E-state index is -0.465. The van der Waals surface area contributed by atoms with Gasteiger partial charge in [0, 0.05) is 56.6 Å². The maximum absolute atomic E-state index is 12.8. The van der Waals surface area contributed by atoms with Crippen molar-refractivity contribution in [2.24, 2.45) is 0 Å². The van der Waals surface area contributed by atoms with Crippen LogP contribution in [0.4, 0.5) is 11.4 Å². The number of nitrogens with one attached hydrogen (secondary N) is 1. The second kappa shape index (κ2) is 10.6. The maximum atomic E-state index is 12.8. The van der Waals surface area contributed by atoms with E-state index in [4.69, 9.17) is 0 Å². The SMILES string of the molecule is Cc1cccc(N2CCN(CCC(C)NC(=O)c3nnn(-c4cccc([N+](=O)[O-])c4)c3C)CC2)c1. The van der Waals surface area contributed by atoms with E-state index in [1.54, 1.807) is 19.1 Å². The van der Waals surface area contributed by atoms with E-state index in [0.717, 1.165) is 39.1 Å². The lowest BCUT2D eigenvalue weighted by molar-refractivity contribution is -0.384. The predicted molar refractivity (Wildman–Crippen MR) is 134 cm³/mol. The first-order valence-corrected chi connectivity index (χ1v) is 11.8. The fourth-order valence-electron chi connectivity index (χ4n) is 4.32. The van der Waals surface area contributed by atoms with E-state index in [1.165, 1.54) is 28.1 Å². The molecular weight excluding hydrogens is 446 g/mol. The molecule has 1 unspecified atom stereocenters. The Morgan fingerprint density at radius 3 is 2.51 bits per heavy atom. The summed E-state index contributed by atoms with van der Waals surface area (Å²) in [7, 11) is 0. The summed E-state index contributed by atoms with van der Waals surface area (Å²) in [5.74, 6) is -0.295. The van der Waals surface area contributed by atoms with E-state index in [2.05, 4.69) is 56.6 Å². The third kappa shape index (κ3) is 5.83. The molecule has 10 heteroatoms. The molecule has 0 radical (unpaired) electrons. The summed E-state index contributed by atoms with van der Waals surface area (Å²) in [6, 6.07) is 14.7. The zero-order valence-corrected chi connectivity index (χ0v) is 20.3. The average molecular weight is 478 g/mol. The number of benzene rings is 2. The molecule has 0 bridgehead atoms. The number of aryl methyl sites for hydroxylation is 1. The molecular formula is C25H31N7O3. The number of carbonyl (C=O) groups excluding carboxylic acids is 1. The van der Waals surface area contributed by atoms with Crippen molar-refractivity contribution in [3.05, 3.63) is 75.6 Å². The minimum Gasteiger partial charge on any atom is -0.369 e. The number of amides is 1. The summed E-state index contributed by atoms with van der Waals surface area (Å²) in [4.78, 5) is 28.3. The highest BCUT2D eigenvalue weighted by atomic mass is 16.6. The number of rotatable bonds is 8. The zero-order chi connectivity index (χ0) is 24.9. The van der Waals surface area contributed by atoms with E-state index in [-0.39, 0.29) is 23.3 Å². The van der Waals surface area contributed by atoms with Gasteiger partial charge in [0.1, 0.15) is 0 Å². The summed E-state index contributed by atoms with van der Waals surface area (Å²) in [5, 5.41) is 22.1. The van der Waals surface area contributed by atoms with Gasteiger partial charge in [0.05, 0.1) is 16.3 Å². The number of carbonyl (C=O) groups is 1. The number of hydrogen-bond acceptors (Lipinski definition) is 7. The van der Waals surface area contributed by atoms with Crippen molar-refractivity contribution < 1.29 is 9.72 Å². The van der Waals surface area contributed by atoms with Crippen LogP contribution in [0.2, 0.25) is 0 Å². The lowest BCUT2D eigenvalue weighted by atomic mass is 10.1. The number of hydrogen-bond donors (Lipinski definition) is 1. The predicted octanol–water partition coefficient (Wildman–Crippen LogP) is 3.12. The molecule has 0 saturated carbocycles. The van der Waals surface area contributed by atoms with Crippen molar-refractivity contribution in [1.82, 2.24) is 25.2 Å². The molecule has 1 aromatic heterocycles. The number of anilines is 1. The first-order chi connectivity index (χ1) is 16.8. The highest BCUT2D eigenvalue weighted by Crippen LogP contribution is 2.19. The molecule has 1 aliphatic heterocycles. The summed E-state index contributed by atoms with van der Waals surface area (Å²) < 4.78 is 1.44. The molecule has 1 amide bonds. The van der Waals surface area contributed by atoms with Crippen molar-refractivity contribution in [3.63, 3.8) is 0 Å². The van der Waals surface area contributed by atoms with Crippen LogP contribution < -0.4 is 10.2 Å². The van der Waals surface area contributed by atoms with Gasteiger partial charge < -0.3 is 10.2 Å². The molecule has 2 aromatic carbocycles. The molecule has 0 aliphatic carbocycles. The first kappa shape index (κ1) is 24.3. The Morgan fingerprint density at radius 1 is 1.09 bits per heavy atom. The highest BCUT2D eigenvalue weighted by molar-refractivity contribution is 5.93. The topological polar surface area (TPSA) is 109 Å². The Bertz CT molecular complexity index is 1200. The summed E-state index contributed by atoms with van der Waals surface area (Å²) in [6.45, 7) is 10.7. The molecule has 3 aromatic rings. The Morgan fingerprint density at radius 2 is 1.80 bits per heavy atom. The van der Waals surface area contributed by atoms with Gasteiger partial charge in [0.25, 0.3) is 11.6 Å². The Balaban J connectivity index is 1.28. The van der Waals surface area contributed by atoms with Crippen molar-refractivity contribution in [2.45, 2.75) is 33.2 Å². The number of nitro benzene ring substituents is 1. The van der Waals surface area contributed by atoms with Gasteiger partial charge in [0.15, 0.2) is 5.69 Å². The van der Waals surface area contributed by atoms with Gasteiger partial charge in [-0.2, -0.15) is 0 Å². The van der Waals surface area contributed by atoms with Crippen molar-refractivity contribution in [1.29, 1.82) is 0 Å². The standard InChI is InChI=1S/C25H31N7O3/c1-18-6-4-7-21(16-18)30-14-12-29(13-15-30)11-10-19(2)26-25(33)24-20(3)31(28-27-24)22-8-5-9-23(17-22)32(34)35/h4-9,16-17,19H,10-15H2,1-3H3,(H,26,33). The van der Waals surface area contributed by atoms with E-state index in [0.29, 0.717) is 11.4 Å². The molecule has 1 N–H and O–H groups in total. The van der Waals surface area contributed by atoms with E-state index in [9.17, 15) is 14.9 Å². The van der Waals surface area contributed by atoms with Gasteiger partial charge in [-0.1, -0.05) is 23.4 Å². The Kier molecular flexibility index (Phi) is 7.40. The second-order valence-electron chi connectivity index (χ2n) is 9.04. The molecule has 184 valence electrons. The molecule has 4 rings (SSSR count). The molecule has 0 spiro atoms. The van der Waals surface area contributed by atoms with Crippen LogP contribution in [0, 0.1) is 24.0 Å². The van der Waals surface area contributed by atoms with Crippen molar-refractivity contribution >= 4 is 17.3 Å². The summed E-state index contributed by atoms with van der Waals surface area (Å²) in [6.07, 6.45) is 0.828. The molecule has 1 atom stereocenters. The Hall–Kier alpha value is -3.79. The maximum Gasteiger partial charge on any atom is 0.273 e. The van der Waals surface area contributed by atoms with Crippen LogP contribution in [0.1, 0.15) is 35.1 Å². The van der Waals surface area contributed by atoms with Crippen LogP contribution in [0.5, 0.6) is 0 Å². The van der Waals surface area contributed by atoms with E-state index >= 15 is 0 Å². The fraction of sp³-hybridized carbons (Fsp3) is 0.400. The van der Waals surface area contributed by atoms with Crippen LogP contribution in [0.3, 0.4) is 0 Å². The first-order valence-electron chi connectivity index (χ1n) is 11.8. The highest BCUT2D eigenvalue weighted by Gasteiger charge is 2.21. The molecule has 1 fully saturated rings. The van der Waals surface area contributed by atoms with Crippen LogP contribution >= 0.6 is 0 Å². The lowest BCUT2D eigenvalue weighted by Gasteiger charge is -2.36. The number of non-ortho nitro benzene ring substituents is 1. The molecule has 1 saturated heterocycles. The third-order valence-corrected chi connectivity index (χ3v) is 6.39. The molecule has 35 heavy (non-hydrogen) atoms. The van der Waals surface area contributed by atoms with Crippen LogP contribution in [-0.2, 0) is 0 Å².